The van der Waals surface area contributed by atoms with E-state index in [9.17, 15) is 9.90 Å². The highest BCUT2D eigenvalue weighted by atomic mass is 16.4. The summed E-state index contributed by atoms with van der Waals surface area (Å²) in [4.78, 5) is 13.9. The van der Waals surface area contributed by atoms with Gasteiger partial charge in [0.25, 0.3) is 0 Å². The number of carboxylic acid groups (broad SMARTS) is 1. The van der Waals surface area contributed by atoms with Gasteiger partial charge in [0.2, 0.25) is 0 Å². The van der Waals surface area contributed by atoms with E-state index in [-0.39, 0.29) is 6.54 Å². The Balaban J connectivity index is 2.87. The van der Waals surface area contributed by atoms with Gasteiger partial charge < -0.3 is 10.4 Å². The molecule has 0 saturated carbocycles. The van der Waals surface area contributed by atoms with Crippen LogP contribution in [0.4, 0.5) is 0 Å². The van der Waals surface area contributed by atoms with Crippen molar-refractivity contribution in [3.8, 4) is 0 Å². The van der Waals surface area contributed by atoms with Gasteiger partial charge in [-0.05, 0) is 36.1 Å². The summed E-state index contributed by atoms with van der Waals surface area (Å²) in [5.74, 6) is -0.940. The Hall–Kier alpha value is -2.04. The van der Waals surface area contributed by atoms with Crippen molar-refractivity contribution in [3.63, 3.8) is 0 Å². The molecule has 0 aliphatic heterocycles. The largest absolute Gasteiger partial charge is 0.480 e. The van der Waals surface area contributed by atoms with Crippen LogP contribution in [0.3, 0.4) is 0 Å². The summed E-state index contributed by atoms with van der Waals surface area (Å²) < 4.78 is 0. The van der Waals surface area contributed by atoms with Crippen LogP contribution in [0.15, 0.2) is 23.3 Å². The topological polar surface area (TPSA) is 98.1 Å². The number of rotatable bonds is 6. The molecular weight excluding hydrogens is 232 g/mol. The lowest BCUT2D eigenvalue weighted by Gasteiger charge is -2.17. The van der Waals surface area contributed by atoms with Gasteiger partial charge in [0.05, 0.1) is 0 Å². The second kappa shape index (κ2) is 6.64. The minimum absolute atomic E-state index is 0.227. The number of aryl methyl sites for hydroxylation is 1. The Bertz CT molecular complexity index is 481. The van der Waals surface area contributed by atoms with Crippen molar-refractivity contribution in [1.82, 2.24) is 5.32 Å². The van der Waals surface area contributed by atoms with E-state index >= 15 is 0 Å². The standard InChI is InChI=1S/C12H16N4O2/c1-8-4-3-5-10(9(8)2)11(12(17)18)14-6-7-15-16-13/h3-5,11,14H,6-7H2,1-2H3,(H,17,18). The van der Waals surface area contributed by atoms with E-state index in [2.05, 4.69) is 15.3 Å². The Labute approximate surface area is 105 Å². The molecule has 0 heterocycles. The molecule has 0 amide bonds. The van der Waals surface area contributed by atoms with Gasteiger partial charge in [-0.2, -0.15) is 0 Å². The lowest BCUT2D eigenvalue weighted by atomic mass is 9.97. The summed E-state index contributed by atoms with van der Waals surface area (Å²) in [6.07, 6.45) is 0. The first-order valence-electron chi connectivity index (χ1n) is 5.61. The molecule has 1 aromatic rings. The lowest BCUT2D eigenvalue weighted by molar-refractivity contribution is -0.139. The van der Waals surface area contributed by atoms with Gasteiger partial charge in [0.1, 0.15) is 6.04 Å². The number of azide groups is 1. The highest BCUT2D eigenvalue weighted by molar-refractivity contribution is 5.76. The maximum Gasteiger partial charge on any atom is 0.325 e. The minimum Gasteiger partial charge on any atom is -0.480 e. The number of carboxylic acids is 1. The first-order valence-corrected chi connectivity index (χ1v) is 5.61. The number of nitrogens with zero attached hydrogens (tertiary/aromatic N) is 3. The van der Waals surface area contributed by atoms with Crippen LogP contribution in [-0.2, 0) is 4.79 Å². The van der Waals surface area contributed by atoms with Crippen LogP contribution in [-0.4, -0.2) is 24.2 Å². The van der Waals surface area contributed by atoms with Crippen molar-refractivity contribution >= 4 is 5.97 Å². The third kappa shape index (κ3) is 3.48. The number of hydrogen-bond acceptors (Lipinski definition) is 3. The predicted molar refractivity (Wildman–Crippen MR) is 68.3 cm³/mol. The number of aliphatic carboxylic acids is 1. The van der Waals surface area contributed by atoms with Gasteiger partial charge in [-0.25, -0.2) is 0 Å². The van der Waals surface area contributed by atoms with Crippen molar-refractivity contribution in [1.29, 1.82) is 0 Å². The van der Waals surface area contributed by atoms with E-state index in [0.717, 1.165) is 16.7 Å². The molecule has 0 spiro atoms. The van der Waals surface area contributed by atoms with E-state index in [1.165, 1.54) is 0 Å². The lowest BCUT2D eigenvalue weighted by Crippen LogP contribution is -2.31. The minimum atomic E-state index is -0.940. The molecule has 6 heteroatoms. The maximum absolute atomic E-state index is 11.3. The summed E-state index contributed by atoms with van der Waals surface area (Å²) >= 11 is 0. The quantitative estimate of drug-likeness (QED) is 0.350. The summed E-state index contributed by atoms with van der Waals surface area (Å²) in [5.41, 5.74) is 10.9. The molecule has 6 nitrogen and oxygen atoms in total. The third-order valence-electron chi connectivity index (χ3n) is 2.83. The van der Waals surface area contributed by atoms with Crippen LogP contribution in [0.5, 0.6) is 0 Å². The number of nitrogens with one attached hydrogen (secondary N) is 1. The zero-order chi connectivity index (χ0) is 13.5. The summed E-state index contributed by atoms with van der Waals surface area (Å²) in [5, 5.41) is 15.5. The molecule has 0 radical (unpaired) electrons. The normalized spacial score (nSPS) is 11.7. The molecule has 1 rings (SSSR count). The van der Waals surface area contributed by atoms with E-state index < -0.39 is 12.0 Å². The van der Waals surface area contributed by atoms with Crippen LogP contribution in [0.25, 0.3) is 10.4 Å². The highest BCUT2D eigenvalue weighted by Crippen LogP contribution is 2.20. The van der Waals surface area contributed by atoms with Gasteiger partial charge in [0, 0.05) is 18.0 Å². The molecule has 1 unspecified atom stereocenters. The number of carbonyl (C=O) groups is 1. The molecule has 0 aliphatic carbocycles. The van der Waals surface area contributed by atoms with Gasteiger partial charge in [-0.1, -0.05) is 23.3 Å². The molecule has 2 N–H and O–H groups in total. The Morgan fingerprint density at radius 1 is 1.56 bits per heavy atom. The van der Waals surface area contributed by atoms with Crippen molar-refractivity contribution in [2.45, 2.75) is 19.9 Å². The Morgan fingerprint density at radius 2 is 2.28 bits per heavy atom. The molecule has 1 aromatic carbocycles. The molecule has 0 saturated heterocycles. The average molecular weight is 248 g/mol. The Morgan fingerprint density at radius 3 is 2.89 bits per heavy atom. The van der Waals surface area contributed by atoms with E-state index in [4.69, 9.17) is 5.53 Å². The molecule has 0 aromatic heterocycles. The van der Waals surface area contributed by atoms with Crippen LogP contribution < -0.4 is 5.32 Å². The molecule has 1 atom stereocenters. The summed E-state index contributed by atoms with van der Waals surface area (Å²) in [6.45, 7) is 4.40. The molecule has 0 fully saturated rings. The van der Waals surface area contributed by atoms with Gasteiger partial charge in [-0.3, -0.25) is 4.79 Å². The maximum atomic E-state index is 11.3. The first-order chi connectivity index (χ1) is 8.57. The molecular formula is C12H16N4O2. The van der Waals surface area contributed by atoms with Crippen molar-refractivity contribution in [2.75, 3.05) is 13.1 Å². The predicted octanol–water partition coefficient (Wildman–Crippen LogP) is 2.33. The fourth-order valence-electron chi connectivity index (χ4n) is 1.72. The first kappa shape index (κ1) is 14.0. The van der Waals surface area contributed by atoms with Crippen molar-refractivity contribution in [2.24, 2.45) is 5.11 Å². The van der Waals surface area contributed by atoms with Crippen LogP contribution in [0, 0.1) is 13.8 Å². The summed E-state index contributed by atoms with van der Waals surface area (Å²) in [6, 6.07) is 4.79. The van der Waals surface area contributed by atoms with E-state index in [0.29, 0.717) is 6.54 Å². The molecule has 0 bridgehead atoms. The number of benzene rings is 1. The molecule has 96 valence electrons. The second-order valence-electron chi connectivity index (χ2n) is 3.97. The van der Waals surface area contributed by atoms with E-state index in [1.807, 2.05) is 26.0 Å². The third-order valence-corrected chi connectivity index (χ3v) is 2.83. The molecule has 18 heavy (non-hydrogen) atoms. The summed E-state index contributed by atoms with van der Waals surface area (Å²) in [7, 11) is 0. The van der Waals surface area contributed by atoms with Gasteiger partial charge in [0.15, 0.2) is 0 Å². The average Bonchev–Trinajstić information content (AvgIpc) is 2.33. The second-order valence-corrected chi connectivity index (χ2v) is 3.97. The van der Waals surface area contributed by atoms with Crippen LogP contribution in [0.2, 0.25) is 0 Å². The van der Waals surface area contributed by atoms with Gasteiger partial charge in [-0.15, -0.1) is 0 Å². The molecule has 0 aliphatic rings. The fourth-order valence-corrected chi connectivity index (χ4v) is 1.72. The van der Waals surface area contributed by atoms with Gasteiger partial charge >= 0.3 is 5.97 Å². The SMILES string of the molecule is Cc1cccc(C(NCCN=[N+]=[N-])C(=O)O)c1C. The van der Waals surface area contributed by atoms with Crippen molar-refractivity contribution in [3.05, 3.63) is 45.3 Å². The van der Waals surface area contributed by atoms with Crippen molar-refractivity contribution < 1.29 is 9.90 Å². The highest BCUT2D eigenvalue weighted by Gasteiger charge is 2.20. The van der Waals surface area contributed by atoms with E-state index in [1.54, 1.807) is 6.07 Å². The zero-order valence-electron chi connectivity index (χ0n) is 10.4. The monoisotopic (exact) mass is 248 g/mol. The number of hydrogen-bond donors (Lipinski definition) is 2. The smallest absolute Gasteiger partial charge is 0.325 e. The van der Waals surface area contributed by atoms with Crippen LogP contribution >= 0.6 is 0 Å². The Kier molecular flexibility index (Phi) is 5.17. The fraction of sp³-hybridized carbons (Fsp3) is 0.417. The van der Waals surface area contributed by atoms with Crippen LogP contribution in [0.1, 0.15) is 22.7 Å². The zero-order valence-corrected chi connectivity index (χ0v) is 10.4.